The first-order chi connectivity index (χ1) is 29.8. The van der Waals surface area contributed by atoms with Gasteiger partial charge in [-0.1, -0.05) is 104 Å². The van der Waals surface area contributed by atoms with Crippen LogP contribution in [0.25, 0.3) is 0 Å². The zero-order chi connectivity index (χ0) is 46.1. The quantitative estimate of drug-likeness (QED) is 0.0309. The number of aliphatic hydroxyl groups is 3. The van der Waals surface area contributed by atoms with Crippen LogP contribution in [0.1, 0.15) is 142 Å². The molecule has 1 aromatic heterocycles. The number of nitrogens with one attached hydrogen (secondary N) is 8. The van der Waals surface area contributed by atoms with Crippen LogP contribution in [0.4, 0.5) is 0 Å². The molecular formula is C42H76N10O10. The summed E-state index contributed by atoms with van der Waals surface area (Å²) in [5.41, 5.74) is 5.70. The van der Waals surface area contributed by atoms with Gasteiger partial charge in [-0.25, -0.2) is 4.98 Å². The molecule has 354 valence electrons. The van der Waals surface area contributed by atoms with E-state index in [2.05, 4.69) is 54.1 Å². The van der Waals surface area contributed by atoms with Crippen molar-refractivity contribution in [3.63, 3.8) is 0 Å². The average molecular weight is 881 g/mol. The molecule has 0 saturated carbocycles. The smallest absolute Gasteiger partial charge is 0.245 e. The number of carbonyl (C=O) groups is 7. The monoisotopic (exact) mass is 881 g/mol. The first kappa shape index (κ1) is 55.4. The third kappa shape index (κ3) is 24.7. The summed E-state index contributed by atoms with van der Waals surface area (Å²) in [6.07, 6.45) is 17.5. The number of H-pyrrole nitrogens is 1. The summed E-state index contributed by atoms with van der Waals surface area (Å²) in [6, 6.07) is -6.61. The van der Waals surface area contributed by atoms with Gasteiger partial charge in [0.2, 0.25) is 41.4 Å². The number of aromatic nitrogens is 2. The van der Waals surface area contributed by atoms with Crippen LogP contribution in [0.3, 0.4) is 0 Å². The molecule has 0 spiro atoms. The van der Waals surface area contributed by atoms with E-state index < -0.39 is 91.6 Å². The Kier molecular flexibility index (Phi) is 30.3. The van der Waals surface area contributed by atoms with Crippen LogP contribution in [0.5, 0.6) is 0 Å². The molecule has 62 heavy (non-hydrogen) atoms. The number of amides is 7. The van der Waals surface area contributed by atoms with E-state index in [1.54, 1.807) is 0 Å². The Morgan fingerprint density at radius 1 is 0.645 bits per heavy atom. The standard InChI is InChI=1S/C42H76N10O10/c1-4-6-8-9-10-11-12-13-14-15-16-17-18-20-36(56)46-25-37(57)48-33(26-53)41(61)50-31(21-22-35(43)55)39(59)51-32(23-29-24-45-28-47-29)40(60)52-34(27-54)42(62)49-30(19-7-5-2)38(58)44-3/h24,28,30-34,39,51,53-54,59H,4-23,25-27H2,1-3H3,(H2,43,55)(H,44,58)(H,45,47)(H,46,56)(H,48,57)(H,49,62)(H,50,61)(H,52,60)/t30-,31-,32-,33-,34-,39-/m0/s1. The summed E-state index contributed by atoms with van der Waals surface area (Å²) in [5.74, 6) is -4.96. The van der Waals surface area contributed by atoms with Crippen molar-refractivity contribution in [2.75, 3.05) is 26.8 Å². The molecule has 20 heteroatoms. The number of likely N-dealkylation sites (N-methyl/N-ethyl adjacent to an activating group) is 1. The summed E-state index contributed by atoms with van der Waals surface area (Å²) >= 11 is 0. The molecule has 0 saturated heterocycles. The van der Waals surface area contributed by atoms with Gasteiger partial charge in [0.1, 0.15) is 24.4 Å². The van der Waals surface area contributed by atoms with Gasteiger partial charge in [0, 0.05) is 32.5 Å². The number of unbranched alkanes of at least 4 members (excludes halogenated alkanes) is 13. The van der Waals surface area contributed by atoms with Gasteiger partial charge >= 0.3 is 0 Å². The molecule has 1 heterocycles. The summed E-state index contributed by atoms with van der Waals surface area (Å²) < 4.78 is 0. The predicted octanol–water partition coefficient (Wildman–Crippen LogP) is -0.0482. The molecule has 6 atom stereocenters. The fourth-order valence-corrected chi connectivity index (χ4v) is 6.65. The van der Waals surface area contributed by atoms with Crippen molar-refractivity contribution >= 4 is 41.4 Å². The summed E-state index contributed by atoms with van der Waals surface area (Å²) in [7, 11) is 1.41. The second-order valence-corrected chi connectivity index (χ2v) is 15.7. The molecular weight excluding hydrogens is 805 g/mol. The van der Waals surface area contributed by atoms with Gasteiger partial charge in [-0.05, 0) is 19.3 Å². The van der Waals surface area contributed by atoms with Crippen molar-refractivity contribution in [2.45, 2.75) is 179 Å². The van der Waals surface area contributed by atoms with Crippen LogP contribution in [0.15, 0.2) is 12.5 Å². The fourth-order valence-electron chi connectivity index (χ4n) is 6.65. The molecule has 13 N–H and O–H groups in total. The maximum absolute atomic E-state index is 13.6. The number of hydrogen-bond donors (Lipinski definition) is 12. The highest BCUT2D eigenvalue weighted by Crippen LogP contribution is 2.13. The minimum atomic E-state index is -1.76. The SMILES string of the molecule is CCCCCCCCCCCCCCCC(=O)NCC(=O)N[C@@H](CO)C(=O)N[C@@H](CCC(N)=O)[C@H](O)N[C@@H](Cc1c[nH]cn1)C(=O)N[C@@H](CO)C(=O)N[C@@H](CCCC)C(=O)NC. The number of aromatic amines is 1. The van der Waals surface area contributed by atoms with E-state index in [1.165, 1.54) is 77.4 Å². The lowest BCUT2D eigenvalue weighted by Gasteiger charge is -2.30. The Balaban J connectivity index is 2.80. The Bertz CT molecular complexity index is 1450. The van der Waals surface area contributed by atoms with Gasteiger partial charge in [-0.2, -0.15) is 0 Å². The Morgan fingerprint density at radius 3 is 1.71 bits per heavy atom. The molecule has 1 aromatic rings. The number of rotatable bonds is 37. The first-order valence-electron chi connectivity index (χ1n) is 22.4. The van der Waals surface area contributed by atoms with Crippen molar-refractivity contribution in [2.24, 2.45) is 5.73 Å². The largest absolute Gasteiger partial charge is 0.394 e. The maximum Gasteiger partial charge on any atom is 0.245 e. The lowest BCUT2D eigenvalue weighted by atomic mass is 10.0. The number of imidazole rings is 1. The topological polar surface area (TPSA) is 319 Å². The third-order valence-corrected chi connectivity index (χ3v) is 10.4. The van der Waals surface area contributed by atoms with Crippen molar-refractivity contribution in [3.05, 3.63) is 18.2 Å². The zero-order valence-corrected chi connectivity index (χ0v) is 37.1. The number of carbonyl (C=O) groups excluding carboxylic acids is 7. The molecule has 0 aliphatic carbocycles. The molecule has 0 unspecified atom stereocenters. The predicted molar refractivity (Wildman–Crippen MR) is 232 cm³/mol. The van der Waals surface area contributed by atoms with Gasteiger partial charge in [-0.3, -0.25) is 38.9 Å². The van der Waals surface area contributed by atoms with E-state index >= 15 is 0 Å². The first-order valence-corrected chi connectivity index (χ1v) is 22.4. The van der Waals surface area contributed by atoms with Gasteiger partial charge in [0.15, 0.2) is 0 Å². The Hall–Kier alpha value is -4.66. The zero-order valence-electron chi connectivity index (χ0n) is 37.1. The highest BCUT2D eigenvalue weighted by Gasteiger charge is 2.33. The van der Waals surface area contributed by atoms with Gasteiger partial charge < -0.3 is 57.9 Å². The van der Waals surface area contributed by atoms with Crippen molar-refractivity contribution in [1.82, 2.24) is 47.2 Å². The van der Waals surface area contributed by atoms with Gasteiger partial charge in [0.05, 0.1) is 43.9 Å². The van der Waals surface area contributed by atoms with Crippen molar-refractivity contribution in [3.8, 4) is 0 Å². The van der Waals surface area contributed by atoms with E-state index in [4.69, 9.17) is 5.73 Å². The Morgan fingerprint density at radius 2 is 1.18 bits per heavy atom. The minimum Gasteiger partial charge on any atom is -0.394 e. The second-order valence-electron chi connectivity index (χ2n) is 15.7. The van der Waals surface area contributed by atoms with Crippen LogP contribution < -0.4 is 43.0 Å². The lowest BCUT2D eigenvalue weighted by molar-refractivity contribution is -0.134. The van der Waals surface area contributed by atoms with Gasteiger partial charge in [-0.15, -0.1) is 0 Å². The van der Waals surface area contributed by atoms with E-state index in [-0.39, 0.29) is 31.6 Å². The summed E-state index contributed by atoms with van der Waals surface area (Å²) in [4.78, 5) is 96.0. The number of nitrogens with two attached hydrogens (primary N) is 1. The molecule has 0 bridgehead atoms. The van der Waals surface area contributed by atoms with Crippen LogP contribution in [0, 0.1) is 0 Å². The minimum absolute atomic E-state index is 0.166. The third-order valence-electron chi connectivity index (χ3n) is 10.4. The molecule has 20 nitrogen and oxygen atoms in total. The second kappa shape index (κ2) is 33.9. The highest BCUT2D eigenvalue weighted by atomic mass is 16.3. The van der Waals surface area contributed by atoms with E-state index in [1.807, 2.05) is 6.92 Å². The summed E-state index contributed by atoms with van der Waals surface area (Å²) in [5, 5.41) is 48.8. The van der Waals surface area contributed by atoms with E-state index in [0.717, 1.165) is 25.7 Å². The number of nitrogens with zero attached hydrogens (tertiary/aromatic N) is 1. The molecule has 0 radical (unpaired) electrons. The van der Waals surface area contributed by atoms with Crippen LogP contribution in [-0.2, 0) is 40.0 Å². The van der Waals surface area contributed by atoms with Gasteiger partial charge in [0.25, 0.3) is 0 Å². The molecule has 0 fully saturated rings. The molecule has 0 aromatic carbocycles. The number of aliphatic hydroxyl groups excluding tert-OH is 3. The Labute approximate surface area is 366 Å². The van der Waals surface area contributed by atoms with Crippen LogP contribution >= 0.6 is 0 Å². The molecule has 1 rings (SSSR count). The lowest BCUT2D eigenvalue weighted by Crippen LogP contribution is -2.61. The summed E-state index contributed by atoms with van der Waals surface area (Å²) in [6.45, 7) is 2.00. The van der Waals surface area contributed by atoms with E-state index in [0.29, 0.717) is 25.0 Å². The van der Waals surface area contributed by atoms with Crippen LogP contribution in [0.2, 0.25) is 0 Å². The molecule has 7 amide bonds. The normalized spacial score (nSPS) is 14.0. The number of hydrogen-bond acceptors (Lipinski definition) is 12. The van der Waals surface area contributed by atoms with Crippen LogP contribution in [-0.4, -0.2) is 130 Å². The fraction of sp³-hybridized carbons (Fsp3) is 0.762. The average Bonchev–Trinajstić information content (AvgIpc) is 3.77. The number of primary amides is 1. The molecule has 0 aliphatic heterocycles. The van der Waals surface area contributed by atoms with Crippen molar-refractivity contribution in [1.29, 1.82) is 0 Å². The van der Waals surface area contributed by atoms with Crippen molar-refractivity contribution < 1.29 is 48.9 Å². The molecule has 0 aliphatic rings. The highest BCUT2D eigenvalue weighted by molar-refractivity contribution is 5.93. The van der Waals surface area contributed by atoms with E-state index in [9.17, 15) is 48.9 Å². The maximum atomic E-state index is 13.6.